The largest absolute Gasteiger partial charge is 0.455 e. The lowest BCUT2D eigenvalue weighted by Gasteiger charge is -2.12. The lowest BCUT2D eigenvalue weighted by Crippen LogP contribution is -2.04. The Morgan fingerprint density at radius 2 is 1.89 bits per heavy atom. The van der Waals surface area contributed by atoms with Crippen molar-refractivity contribution in [3.05, 3.63) is 58.6 Å². The Morgan fingerprint density at radius 3 is 2.58 bits per heavy atom. The van der Waals surface area contributed by atoms with Gasteiger partial charge in [0.1, 0.15) is 11.5 Å². The van der Waals surface area contributed by atoms with E-state index in [1.165, 1.54) is 6.07 Å². The summed E-state index contributed by atoms with van der Waals surface area (Å²) in [4.78, 5) is 0. The van der Waals surface area contributed by atoms with Gasteiger partial charge in [-0.15, -0.1) is 0 Å². The number of benzene rings is 2. The van der Waals surface area contributed by atoms with Gasteiger partial charge in [0.2, 0.25) is 0 Å². The zero-order valence-electron chi connectivity index (χ0n) is 10.00. The molecular formula is C14H12ClF2NO. The molecule has 0 aliphatic rings. The van der Waals surface area contributed by atoms with Crippen molar-refractivity contribution in [2.45, 2.75) is 6.42 Å². The lowest BCUT2D eigenvalue weighted by molar-refractivity contribution is 0.457. The highest BCUT2D eigenvalue weighted by atomic mass is 35.5. The second-order valence-corrected chi connectivity index (χ2v) is 4.35. The molecule has 0 saturated carbocycles. The highest BCUT2D eigenvalue weighted by Gasteiger charge is 2.11. The van der Waals surface area contributed by atoms with E-state index in [0.717, 1.165) is 17.7 Å². The number of nitrogens with two attached hydrogens (primary N) is 1. The Hall–Kier alpha value is -1.65. The fraction of sp³-hybridized carbons (Fsp3) is 0.143. The molecule has 2 aromatic carbocycles. The normalized spacial score (nSPS) is 10.5. The van der Waals surface area contributed by atoms with Crippen LogP contribution in [0.5, 0.6) is 11.5 Å². The molecule has 2 rings (SSSR count). The zero-order chi connectivity index (χ0) is 13.8. The van der Waals surface area contributed by atoms with Crippen molar-refractivity contribution < 1.29 is 13.5 Å². The van der Waals surface area contributed by atoms with Crippen LogP contribution in [0.15, 0.2) is 36.4 Å². The number of hydrogen-bond acceptors (Lipinski definition) is 2. The van der Waals surface area contributed by atoms with E-state index in [4.69, 9.17) is 22.1 Å². The van der Waals surface area contributed by atoms with Gasteiger partial charge in [0, 0.05) is 6.07 Å². The first-order chi connectivity index (χ1) is 9.11. The molecule has 0 saturated heterocycles. The van der Waals surface area contributed by atoms with Crippen LogP contribution in [0.4, 0.5) is 8.78 Å². The number of hydrogen-bond donors (Lipinski definition) is 1. The third-order valence-corrected chi connectivity index (χ3v) is 2.87. The minimum absolute atomic E-state index is 0.185. The summed E-state index contributed by atoms with van der Waals surface area (Å²) in [5.74, 6) is -1.29. The molecule has 19 heavy (non-hydrogen) atoms. The van der Waals surface area contributed by atoms with Gasteiger partial charge in [-0.25, -0.2) is 8.78 Å². The standard InChI is InChI=1S/C14H12ClF2NO/c15-11-3-1-2-9(6-7-18)14(11)19-10-4-5-12(16)13(17)8-10/h1-5,8H,6-7,18H2. The van der Waals surface area contributed by atoms with Crippen molar-refractivity contribution in [1.29, 1.82) is 0 Å². The average molecular weight is 284 g/mol. The SMILES string of the molecule is NCCc1cccc(Cl)c1Oc1ccc(F)c(F)c1. The van der Waals surface area contributed by atoms with Crippen LogP contribution in [0.2, 0.25) is 5.02 Å². The van der Waals surface area contributed by atoms with Gasteiger partial charge < -0.3 is 10.5 Å². The topological polar surface area (TPSA) is 35.2 Å². The molecule has 0 spiro atoms. The van der Waals surface area contributed by atoms with Crippen LogP contribution in [0.3, 0.4) is 0 Å². The van der Waals surface area contributed by atoms with Crippen LogP contribution in [0, 0.1) is 11.6 Å². The smallest absolute Gasteiger partial charge is 0.162 e. The van der Waals surface area contributed by atoms with Crippen molar-refractivity contribution in [3.8, 4) is 11.5 Å². The Balaban J connectivity index is 2.34. The second kappa shape index (κ2) is 5.99. The predicted octanol–water partition coefficient (Wildman–Crippen LogP) is 3.91. The van der Waals surface area contributed by atoms with Crippen LogP contribution >= 0.6 is 11.6 Å². The second-order valence-electron chi connectivity index (χ2n) is 3.94. The monoisotopic (exact) mass is 283 g/mol. The molecule has 0 radical (unpaired) electrons. The first-order valence-electron chi connectivity index (χ1n) is 5.72. The molecule has 2 aromatic rings. The molecule has 0 aliphatic heterocycles. The quantitative estimate of drug-likeness (QED) is 0.923. The summed E-state index contributed by atoms with van der Waals surface area (Å²) in [5.41, 5.74) is 6.33. The number of halogens is 3. The van der Waals surface area contributed by atoms with Gasteiger partial charge in [-0.2, -0.15) is 0 Å². The Morgan fingerprint density at radius 1 is 1.11 bits per heavy atom. The van der Waals surface area contributed by atoms with Crippen LogP contribution in [-0.2, 0) is 6.42 Å². The fourth-order valence-electron chi connectivity index (χ4n) is 1.68. The molecule has 2 nitrogen and oxygen atoms in total. The van der Waals surface area contributed by atoms with Gasteiger partial charge in [0.05, 0.1) is 5.02 Å². The zero-order valence-corrected chi connectivity index (χ0v) is 10.8. The fourth-order valence-corrected chi connectivity index (χ4v) is 1.91. The molecule has 0 fully saturated rings. The van der Waals surface area contributed by atoms with Crippen LogP contribution < -0.4 is 10.5 Å². The summed E-state index contributed by atoms with van der Waals surface area (Å²) in [6.07, 6.45) is 0.583. The summed E-state index contributed by atoms with van der Waals surface area (Å²) in [7, 11) is 0. The van der Waals surface area contributed by atoms with Crippen molar-refractivity contribution >= 4 is 11.6 Å². The molecule has 0 atom stereocenters. The van der Waals surface area contributed by atoms with Gasteiger partial charge in [-0.05, 0) is 36.7 Å². The molecule has 0 heterocycles. The Kier molecular flexibility index (Phi) is 4.35. The summed E-state index contributed by atoms with van der Waals surface area (Å²) in [6, 6.07) is 8.60. The maximum atomic E-state index is 13.1. The van der Waals surface area contributed by atoms with E-state index in [1.807, 2.05) is 6.07 Å². The lowest BCUT2D eigenvalue weighted by atomic mass is 10.1. The third kappa shape index (κ3) is 3.22. The van der Waals surface area contributed by atoms with E-state index in [9.17, 15) is 8.78 Å². The van der Waals surface area contributed by atoms with E-state index in [0.29, 0.717) is 23.7 Å². The minimum atomic E-state index is -0.968. The summed E-state index contributed by atoms with van der Waals surface area (Å²) >= 11 is 6.05. The first kappa shape index (κ1) is 13.8. The first-order valence-corrected chi connectivity index (χ1v) is 6.10. The number of ether oxygens (including phenoxy) is 1. The maximum Gasteiger partial charge on any atom is 0.162 e. The summed E-state index contributed by atoms with van der Waals surface area (Å²) < 4.78 is 31.5. The molecule has 0 aliphatic carbocycles. The molecule has 0 amide bonds. The average Bonchev–Trinajstić information content (AvgIpc) is 2.38. The number of para-hydroxylation sites is 1. The summed E-state index contributed by atoms with van der Waals surface area (Å²) in [6.45, 7) is 0.439. The van der Waals surface area contributed by atoms with Crippen molar-refractivity contribution in [2.24, 2.45) is 5.73 Å². The van der Waals surface area contributed by atoms with Crippen LogP contribution in [0.25, 0.3) is 0 Å². The highest BCUT2D eigenvalue weighted by Crippen LogP contribution is 2.33. The summed E-state index contributed by atoms with van der Waals surface area (Å²) in [5, 5.41) is 0.399. The van der Waals surface area contributed by atoms with Gasteiger partial charge >= 0.3 is 0 Å². The Labute approximate surface area is 114 Å². The van der Waals surface area contributed by atoms with Crippen LogP contribution in [-0.4, -0.2) is 6.54 Å². The molecule has 2 N–H and O–H groups in total. The van der Waals surface area contributed by atoms with Gasteiger partial charge in [0.25, 0.3) is 0 Å². The van der Waals surface area contributed by atoms with Gasteiger partial charge in [-0.1, -0.05) is 23.7 Å². The molecule has 100 valence electrons. The molecule has 0 unspecified atom stereocenters. The predicted molar refractivity (Wildman–Crippen MR) is 70.6 cm³/mol. The van der Waals surface area contributed by atoms with E-state index >= 15 is 0 Å². The molecular weight excluding hydrogens is 272 g/mol. The molecule has 0 aromatic heterocycles. The van der Waals surface area contributed by atoms with Crippen molar-refractivity contribution in [1.82, 2.24) is 0 Å². The van der Waals surface area contributed by atoms with Gasteiger partial charge in [-0.3, -0.25) is 0 Å². The third-order valence-electron chi connectivity index (χ3n) is 2.57. The van der Waals surface area contributed by atoms with E-state index in [2.05, 4.69) is 0 Å². The van der Waals surface area contributed by atoms with E-state index in [-0.39, 0.29) is 5.75 Å². The van der Waals surface area contributed by atoms with E-state index in [1.54, 1.807) is 12.1 Å². The highest BCUT2D eigenvalue weighted by molar-refractivity contribution is 6.32. The van der Waals surface area contributed by atoms with Crippen LogP contribution in [0.1, 0.15) is 5.56 Å². The van der Waals surface area contributed by atoms with Crippen molar-refractivity contribution in [2.75, 3.05) is 6.54 Å². The van der Waals surface area contributed by atoms with Gasteiger partial charge in [0.15, 0.2) is 11.6 Å². The van der Waals surface area contributed by atoms with E-state index < -0.39 is 11.6 Å². The Bertz CT molecular complexity index is 590. The number of rotatable bonds is 4. The molecule has 5 heteroatoms. The minimum Gasteiger partial charge on any atom is -0.455 e. The maximum absolute atomic E-state index is 13.1. The van der Waals surface area contributed by atoms with Crippen molar-refractivity contribution in [3.63, 3.8) is 0 Å². The molecule has 0 bridgehead atoms.